The number of amides is 3. The summed E-state index contributed by atoms with van der Waals surface area (Å²) in [6.45, 7) is 2.88. The van der Waals surface area contributed by atoms with Gasteiger partial charge in [0.2, 0.25) is 11.8 Å². The van der Waals surface area contributed by atoms with Crippen molar-refractivity contribution >= 4 is 45.3 Å². The van der Waals surface area contributed by atoms with Gasteiger partial charge in [-0.2, -0.15) is 18.3 Å². The number of anilines is 1. The van der Waals surface area contributed by atoms with Crippen molar-refractivity contribution in [3.63, 3.8) is 0 Å². The van der Waals surface area contributed by atoms with E-state index in [9.17, 15) is 32.3 Å². The van der Waals surface area contributed by atoms with E-state index in [1.807, 2.05) is 23.0 Å². The Kier molecular flexibility index (Phi) is 9.02. The number of imide groups is 1. The first kappa shape index (κ1) is 35.5. The van der Waals surface area contributed by atoms with Gasteiger partial charge in [0.15, 0.2) is 0 Å². The molecule has 282 valence electrons. The average molecular weight is 745 g/mol. The molecule has 1 unspecified atom stereocenters. The number of pyridine rings is 1. The van der Waals surface area contributed by atoms with Crippen molar-refractivity contribution in [3.05, 3.63) is 82.2 Å². The number of halogens is 3. The minimum absolute atomic E-state index is 0.202. The number of ether oxygens (including phenoxy) is 1. The number of nitrogens with one attached hydrogen (secondary N) is 2. The zero-order valence-electron chi connectivity index (χ0n) is 29.7. The maximum atomic E-state index is 13.2. The highest BCUT2D eigenvalue weighted by atomic mass is 19.4. The molecule has 2 saturated heterocycles. The Morgan fingerprint density at radius 2 is 1.78 bits per heavy atom. The van der Waals surface area contributed by atoms with Crippen LogP contribution in [0.3, 0.4) is 0 Å². The fraction of sp³-hybridized carbons (Fsp3) is 0.421. The van der Waals surface area contributed by atoms with Gasteiger partial charge in [0.25, 0.3) is 5.91 Å². The largest absolute Gasteiger partial charge is 0.494 e. The Labute approximate surface area is 307 Å². The van der Waals surface area contributed by atoms with Crippen LogP contribution < -0.4 is 21.1 Å². The van der Waals surface area contributed by atoms with Crippen molar-refractivity contribution in [1.82, 2.24) is 34.1 Å². The number of likely N-dealkylation sites (tertiary alicyclic amines) is 1. The molecule has 2 aromatic carbocycles. The molecule has 0 radical (unpaired) electrons. The molecule has 5 heterocycles. The van der Waals surface area contributed by atoms with E-state index in [0.29, 0.717) is 40.7 Å². The molecular weight excluding hydrogens is 705 g/mol. The van der Waals surface area contributed by atoms with E-state index in [2.05, 4.69) is 26.6 Å². The maximum absolute atomic E-state index is 13.2. The number of aryl methyl sites for hydroxylation is 1. The number of methoxy groups -OCH3 is 1. The Balaban J connectivity index is 0.868. The summed E-state index contributed by atoms with van der Waals surface area (Å²) >= 11 is 0. The van der Waals surface area contributed by atoms with E-state index >= 15 is 0 Å². The second-order valence-electron chi connectivity index (χ2n) is 14.6. The fourth-order valence-electron chi connectivity index (χ4n) is 8.18. The van der Waals surface area contributed by atoms with Crippen LogP contribution in [0.4, 0.5) is 18.9 Å². The summed E-state index contributed by atoms with van der Waals surface area (Å²) in [5, 5.41) is 10.6. The fourth-order valence-corrected chi connectivity index (χ4v) is 8.18. The number of piperidine rings is 1. The third-order valence-corrected chi connectivity index (χ3v) is 11.1. The first-order valence-electron chi connectivity index (χ1n) is 18.1. The summed E-state index contributed by atoms with van der Waals surface area (Å²) in [5.74, 6) is -0.297. The molecule has 8 rings (SSSR count). The Bertz CT molecular complexity index is 2350. The molecule has 3 aromatic heterocycles. The molecule has 3 aliphatic rings. The van der Waals surface area contributed by atoms with Crippen LogP contribution in [-0.2, 0) is 22.8 Å². The molecule has 3 amide bonds. The molecule has 0 spiro atoms. The summed E-state index contributed by atoms with van der Waals surface area (Å²) in [6, 6.07) is 12.1. The van der Waals surface area contributed by atoms with E-state index in [4.69, 9.17) is 9.84 Å². The van der Waals surface area contributed by atoms with Crippen LogP contribution in [-0.4, -0.2) is 73.3 Å². The van der Waals surface area contributed by atoms with Gasteiger partial charge < -0.3 is 15.0 Å². The number of carbonyl (C=O) groups is 3. The minimum atomic E-state index is -4.67. The standard InChI is InChI=1S/C38H39F3N8O5/c1-46-31-15-22(8-11-29(31)49(37(46)53)30-12-13-34(50)44-36(30)52)24-18-47(19-24)17-21-6-9-25(10-7-21)48-20-23-14-28(32(54-2)16-27(23)45-48)43-35(51)26-4-3-5-33(42-26)38(39,40)41/h3-5,8,11,14-16,20-21,24-25,30H,6-7,9-10,12-13,17-19H2,1-2H3,(H,43,51)(H,44,50,52). The van der Waals surface area contributed by atoms with Crippen LogP contribution in [0.25, 0.3) is 21.9 Å². The Hall–Kier alpha value is -5.51. The van der Waals surface area contributed by atoms with Crippen molar-refractivity contribution in [1.29, 1.82) is 0 Å². The lowest BCUT2D eigenvalue weighted by Crippen LogP contribution is -2.47. The molecular formula is C38H39F3N8O5. The van der Waals surface area contributed by atoms with Crippen LogP contribution in [0.2, 0.25) is 0 Å². The van der Waals surface area contributed by atoms with Crippen LogP contribution in [0.1, 0.15) is 78.3 Å². The number of aromatic nitrogens is 5. The molecule has 2 N–H and O–H groups in total. The summed E-state index contributed by atoms with van der Waals surface area (Å²) in [7, 11) is 3.16. The third kappa shape index (κ3) is 6.63. The predicted octanol–water partition coefficient (Wildman–Crippen LogP) is 5.17. The smallest absolute Gasteiger partial charge is 0.433 e. The number of benzene rings is 2. The zero-order chi connectivity index (χ0) is 37.9. The SMILES string of the molecule is COc1cc2nn(C3CCC(CN4CC(c5ccc6c(c5)n(C)c(=O)n6C5CCC(=O)NC5=O)C4)CC3)cc2cc1NC(=O)c1cccc(C(F)(F)F)n1. The molecule has 2 aliphatic heterocycles. The van der Waals surface area contributed by atoms with E-state index in [1.165, 1.54) is 17.7 Å². The highest BCUT2D eigenvalue weighted by Gasteiger charge is 2.35. The lowest BCUT2D eigenvalue weighted by atomic mass is 9.83. The van der Waals surface area contributed by atoms with Gasteiger partial charge >= 0.3 is 11.9 Å². The first-order chi connectivity index (χ1) is 25.9. The number of hydrogen-bond donors (Lipinski definition) is 2. The van der Waals surface area contributed by atoms with E-state index in [-0.39, 0.29) is 29.8 Å². The molecule has 54 heavy (non-hydrogen) atoms. The highest BCUT2D eigenvalue weighted by Crippen LogP contribution is 2.38. The average Bonchev–Trinajstić information content (AvgIpc) is 3.66. The lowest BCUT2D eigenvalue weighted by molar-refractivity contribution is -0.141. The molecule has 1 aliphatic carbocycles. The lowest BCUT2D eigenvalue weighted by Gasteiger charge is -2.42. The summed E-state index contributed by atoms with van der Waals surface area (Å²) in [6.07, 6.45) is 1.81. The van der Waals surface area contributed by atoms with Crippen LogP contribution in [0.5, 0.6) is 5.75 Å². The summed E-state index contributed by atoms with van der Waals surface area (Å²) in [5.41, 5.74) is 1.84. The van der Waals surface area contributed by atoms with Gasteiger partial charge in [-0.25, -0.2) is 9.78 Å². The number of rotatable bonds is 8. The van der Waals surface area contributed by atoms with Gasteiger partial charge in [0, 0.05) is 56.7 Å². The van der Waals surface area contributed by atoms with Crippen molar-refractivity contribution in [2.75, 3.05) is 32.1 Å². The van der Waals surface area contributed by atoms with Gasteiger partial charge in [0.1, 0.15) is 23.2 Å². The van der Waals surface area contributed by atoms with Crippen LogP contribution >= 0.6 is 0 Å². The maximum Gasteiger partial charge on any atom is 0.433 e. The second-order valence-corrected chi connectivity index (χ2v) is 14.6. The number of hydrogen-bond acceptors (Lipinski definition) is 8. The normalized spacial score (nSPS) is 21.3. The quantitative estimate of drug-likeness (QED) is 0.207. The summed E-state index contributed by atoms with van der Waals surface area (Å²) < 4.78 is 50.0. The predicted molar refractivity (Wildman–Crippen MR) is 192 cm³/mol. The Morgan fingerprint density at radius 3 is 2.50 bits per heavy atom. The molecule has 1 saturated carbocycles. The molecule has 0 bridgehead atoms. The topological polar surface area (TPSA) is 145 Å². The van der Waals surface area contributed by atoms with Crippen molar-refractivity contribution in [2.45, 2.75) is 62.7 Å². The van der Waals surface area contributed by atoms with Gasteiger partial charge in [-0.15, -0.1) is 0 Å². The van der Waals surface area contributed by atoms with Gasteiger partial charge in [-0.05, 0) is 73.9 Å². The van der Waals surface area contributed by atoms with E-state index in [0.717, 1.165) is 73.9 Å². The number of fused-ring (bicyclic) bond motifs is 2. The number of carbonyl (C=O) groups excluding carboxylic acids is 3. The molecule has 1 atom stereocenters. The number of imidazole rings is 1. The van der Waals surface area contributed by atoms with E-state index < -0.39 is 29.7 Å². The molecule has 13 nitrogen and oxygen atoms in total. The highest BCUT2D eigenvalue weighted by molar-refractivity contribution is 6.05. The molecule has 3 fully saturated rings. The van der Waals surface area contributed by atoms with Crippen molar-refractivity contribution in [2.24, 2.45) is 13.0 Å². The molecule has 5 aromatic rings. The zero-order valence-corrected chi connectivity index (χ0v) is 29.7. The monoisotopic (exact) mass is 744 g/mol. The summed E-state index contributed by atoms with van der Waals surface area (Å²) in [4.78, 5) is 56.2. The van der Waals surface area contributed by atoms with Gasteiger partial charge in [0.05, 0.1) is 35.4 Å². The van der Waals surface area contributed by atoms with Gasteiger partial charge in [-0.3, -0.25) is 33.5 Å². The van der Waals surface area contributed by atoms with Crippen molar-refractivity contribution in [3.8, 4) is 5.75 Å². The minimum Gasteiger partial charge on any atom is -0.494 e. The van der Waals surface area contributed by atoms with Crippen molar-refractivity contribution < 1.29 is 32.3 Å². The van der Waals surface area contributed by atoms with Crippen LogP contribution in [0.15, 0.2) is 59.5 Å². The Morgan fingerprint density at radius 1 is 1.00 bits per heavy atom. The third-order valence-electron chi connectivity index (χ3n) is 11.1. The first-order valence-corrected chi connectivity index (χ1v) is 18.1. The van der Waals surface area contributed by atoms with Gasteiger partial charge in [-0.1, -0.05) is 12.1 Å². The number of nitrogens with zero attached hydrogens (tertiary/aromatic N) is 6. The number of alkyl halides is 3. The van der Waals surface area contributed by atoms with E-state index in [1.54, 1.807) is 23.7 Å². The second kappa shape index (κ2) is 13.7. The molecule has 16 heteroatoms. The van der Waals surface area contributed by atoms with Crippen LogP contribution in [0, 0.1) is 5.92 Å².